The molecule has 7 nitrogen and oxygen atoms in total. The van der Waals surface area contributed by atoms with Crippen molar-refractivity contribution in [2.45, 2.75) is 6.61 Å². The number of urea groups is 1. The Morgan fingerprint density at radius 1 is 1.21 bits per heavy atom. The van der Waals surface area contributed by atoms with Crippen LogP contribution in [0.2, 0.25) is 5.02 Å². The molecule has 0 saturated carbocycles. The van der Waals surface area contributed by atoms with Crippen molar-refractivity contribution in [3.05, 3.63) is 67.9 Å². The maximum absolute atomic E-state index is 12.3. The first-order valence-corrected chi connectivity index (χ1v) is 9.91. The molecule has 1 aliphatic rings. The number of nitrogens with one attached hydrogen (secondary N) is 1. The van der Waals surface area contributed by atoms with Gasteiger partial charge in [-0.2, -0.15) is 0 Å². The van der Waals surface area contributed by atoms with E-state index < -0.39 is 24.5 Å². The molecule has 0 aliphatic carbocycles. The third kappa shape index (κ3) is 5.27. The van der Waals surface area contributed by atoms with E-state index in [0.29, 0.717) is 22.9 Å². The molecule has 9 heteroatoms. The zero-order valence-electron chi connectivity index (χ0n) is 15.3. The molecule has 0 unspecified atom stereocenters. The average Bonchev–Trinajstić information content (AvgIpc) is 2.96. The number of methoxy groups -OCH3 is 1. The van der Waals surface area contributed by atoms with Crippen molar-refractivity contribution in [2.24, 2.45) is 0 Å². The van der Waals surface area contributed by atoms with E-state index in [9.17, 15) is 14.4 Å². The molecule has 150 valence electrons. The summed E-state index contributed by atoms with van der Waals surface area (Å²) in [6.07, 6.45) is 1.54. The van der Waals surface area contributed by atoms with Gasteiger partial charge in [-0.3, -0.25) is 9.59 Å². The molecule has 3 amide bonds. The predicted molar refractivity (Wildman–Crippen MR) is 115 cm³/mol. The number of hydrogen-bond acceptors (Lipinski definition) is 5. The van der Waals surface area contributed by atoms with Gasteiger partial charge < -0.3 is 14.8 Å². The van der Waals surface area contributed by atoms with Crippen molar-refractivity contribution in [3.63, 3.8) is 0 Å². The minimum Gasteiger partial charge on any atom is -0.488 e. The molecular weight excluding hydrogens is 511 g/mol. The highest BCUT2D eigenvalue weighted by Crippen LogP contribution is 2.25. The number of hydrogen-bond donors (Lipinski definition) is 1. The molecule has 1 saturated heterocycles. The van der Waals surface area contributed by atoms with Gasteiger partial charge in [0.1, 0.15) is 24.6 Å². The van der Waals surface area contributed by atoms with Crippen LogP contribution in [0.15, 0.2) is 48.2 Å². The molecule has 2 aromatic carbocycles. The van der Waals surface area contributed by atoms with Crippen LogP contribution in [-0.2, 0) is 20.9 Å². The molecule has 0 bridgehead atoms. The van der Waals surface area contributed by atoms with E-state index in [4.69, 9.17) is 16.3 Å². The Morgan fingerprint density at radius 2 is 1.93 bits per heavy atom. The number of carbonyl (C=O) groups is 3. The topological polar surface area (TPSA) is 84.9 Å². The van der Waals surface area contributed by atoms with Gasteiger partial charge in [-0.15, -0.1) is 0 Å². The fraction of sp³-hybridized carbons (Fsp3) is 0.150. The monoisotopic (exact) mass is 526 g/mol. The maximum atomic E-state index is 12.3. The zero-order chi connectivity index (χ0) is 21.0. The fourth-order valence-corrected chi connectivity index (χ4v) is 3.36. The normalized spacial score (nSPS) is 14.9. The Labute approximate surface area is 185 Å². The van der Waals surface area contributed by atoms with E-state index in [2.05, 4.69) is 32.6 Å². The highest BCUT2D eigenvalue weighted by atomic mass is 127. The average molecular weight is 527 g/mol. The van der Waals surface area contributed by atoms with E-state index in [1.54, 1.807) is 30.3 Å². The number of amides is 3. The van der Waals surface area contributed by atoms with Crippen molar-refractivity contribution < 1.29 is 23.9 Å². The van der Waals surface area contributed by atoms with Crippen LogP contribution in [0.1, 0.15) is 11.1 Å². The molecule has 29 heavy (non-hydrogen) atoms. The van der Waals surface area contributed by atoms with Crippen LogP contribution in [0.3, 0.4) is 0 Å². The SMILES string of the molecule is COC(=O)CN1C(=O)N/C(=C/c2ccc(OCc3ccc(Cl)cc3)c(I)c2)C1=O. The highest BCUT2D eigenvalue weighted by molar-refractivity contribution is 14.1. The van der Waals surface area contributed by atoms with Crippen LogP contribution in [0, 0.1) is 3.57 Å². The third-order valence-electron chi connectivity index (χ3n) is 4.05. The number of ether oxygens (including phenoxy) is 2. The van der Waals surface area contributed by atoms with Gasteiger partial charge in [0.25, 0.3) is 5.91 Å². The van der Waals surface area contributed by atoms with Crippen molar-refractivity contribution in [1.82, 2.24) is 10.2 Å². The summed E-state index contributed by atoms with van der Waals surface area (Å²) in [5, 5.41) is 3.13. The third-order valence-corrected chi connectivity index (χ3v) is 5.15. The van der Waals surface area contributed by atoms with Crippen molar-refractivity contribution in [1.29, 1.82) is 0 Å². The highest BCUT2D eigenvalue weighted by Gasteiger charge is 2.35. The van der Waals surface area contributed by atoms with Crippen LogP contribution in [0.25, 0.3) is 6.08 Å². The summed E-state index contributed by atoms with van der Waals surface area (Å²) in [4.78, 5) is 36.4. The Kier molecular flexibility index (Phi) is 6.75. The Balaban J connectivity index is 1.69. The quantitative estimate of drug-likeness (QED) is 0.269. The van der Waals surface area contributed by atoms with Crippen molar-refractivity contribution in [2.75, 3.05) is 13.7 Å². The first-order valence-electron chi connectivity index (χ1n) is 8.45. The number of halogens is 2. The van der Waals surface area contributed by atoms with Gasteiger partial charge in [0.05, 0.1) is 10.7 Å². The zero-order valence-corrected chi connectivity index (χ0v) is 18.2. The van der Waals surface area contributed by atoms with Crippen molar-refractivity contribution >= 4 is 58.2 Å². The Morgan fingerprint density at radius 3 is 2.59 bits per heavy atom. The smallest absolute Gasteiger partial charge is 0.329 e. The van der Waals surface area contributed by atoms with E-state index in [0.717, 1.165) is 14.0 Å². The number of esters is 1. The van der Waals surface area contributed by atoms with E-state index in [1.807, 2.05) is 18.2 Å². The summed E-state index contributed by atoms with van der Waals surface area (Å²) in [5.41, 5.74) is 1.78. The molecule has 1 fully saturated rings. The summed E-state index contributed by atoms with van der Waals surface area (Å²) < 4.78 is 11.2. The lowest BCUT2D eigenvalue weighted by atomic mass is 10.2. The van der Waals surface area contributed by atoms with E-state index in [1.165, 1.54) is 7.11 Å². The van der Waals surface area contributed by atoms with E-state index >= 15 is 0 Å². The van der Waals surface area contributed by atoms with Gasteiger partial charge in [-0.05, 0) is 64.1 Å². The summed E-state index contributed by atoms with van der Waals surface area (Å²) >= 11 is 8.01. The lowest BCUT2D eigenvalue weighted by Crippen LogP contribution is -2.36. The molecule has 0 radical (unpaired) electrons. The van der Waals surface area contributed by atoms with Crippen LogP contribution < -0.4 is 10.1 Å². The molecule has 0 spiro atoms. The molecule has 1 N–H and O–H groups in total. The lowest BCUT2D eigenvalue weighted by Gasteiger charge is -2.10. The van der Waals surface area contributed by atoms with Crippen LogP contribution in [-0.4, -0.2) is 36.5 Å². The van der Waals surface area contributed by atoms with Crippen LogP contribution >= 0.6 is 34.2 Å². The Hall–Kier alpha value is -2.59. The van der Waals surface area contributed by atoms with E-state index in [-0.39, 0.29) is 5.70 Å². The first-order chi connectivity index (χ1) is 13.9. The predicted octanol–water partition coefficient (Wildman–Crippen LogP) is 3.59. The summed E-state index contributed by atoms with van der Waals surface area (Å²) in [5.74, 6) is -0.568. The maximum Gasteiger partial charge on any atom is 0.329 e. The fourth-order valence-electron chi connectivity index (χ4n) is 2.54. The van der Waals surface area contributed by atoms with Gasteiger partial charge in [0.2, 0.25) is 0 Å². The van der Waals surface area contributed by atoms with Gasteiger partial charge in [-0.1, -0.05) is 29.8 Å². The molecule has 2 aromatic rings. The molecule has 0 atom stereocenters. The summed E-state index contributed by atoms with van der Waals surface area (Å²) in [6.45, 7) is -0.0435. The molecule has 1 heterocycles. The number of carbonyl (C=O) groups excluding carboxylic acids is 3. The largest absolute Gasteiger partial charge is 0.488 e. The Bertz CT molecular complexity index is 991. The number of rotatable bonds is 6. The van der Waals surface area contributed by atoms with Gasteiger partial charge in [0, 0.05) is 5.02 Å². The lowest BCUT2D eigenvalue weighted by molar-refractivity contribution is -0.143. The minimum absolute atomic E-state index is 0.0875. The van der Waals surface area contributed by atoms with Gasteiger partial charge >= 0.3 is 12.0 Å². The molecule has 3 rings (SSSR count). The standard InChI is InChI=1S/C20H16ClIN2O5/c1-28-18(25)10-24-19(26)16(23-20(24)27)9-13-4-7-17(15(22)8-13)29-11-12-2-5-14(21)6-3-12/h2-9H,10-11H2,1H3,(H,23,27)/b16-9+. The first kappa shape index (κ1) is 21.1. The minimum atomic E-state index is -0.675. The number of imide groups is 1. The van der Waals surface area contributed by atoms with Crippen LogP contribution in [0.4, 0.5) is 4.79 Å². The van der Waals surface area contributed by atoms with Crippen molar-refractivity contribution in [3.8, 4) is 5.75 Å². The summed E-state index contributed by atoms with van der Waals surface area (Å²) in [7, 11) is 1.19. The van der Waals surface area contributed by atoms with Gasteiger partial charge in [-0.25, -0.2) is 9.69 Å². The van der Waals surface area contributed by atoms with Crippen LogP contribution in [0.5, 0.6) is 5.75 Å². The number of benzene rings is 2. The second-order valence-corrected chi connectivity index (χ2v) is 7.66. The molecule has 1 aliphatic heterocycles. The summed E-state index contributed by atoms with van der Waals surface area (Å²) in [6, 6.07) is 12.1. The molecule has 0 aromatic heterocycles. The molecular formula is C20H16ClIN2O5. The number of nitrogens with zero attached hydrogens (tertiary/aromatic N) is 1. The second-order valence-electron chi connectivity index (χ2n) is 6.06. The van der Waals surface area contributed by atoms with Gasteiger partial charge in [0.15, 0.2) is 0 Å². The second kappa shape index (κ2) is 9.27.